The third kappa shape index (κ3) is 1.93. The van der Waals surface area contributed by atoms with Gasteiger partial charge in [0.05, 0.1) is 12.8 Å². The first-order chi connectivity index (χ1) is 8.72. The van der Waals surface area contributed by atoms with Gasteiger partial charge in [0.15, 0.2) is 0 Å². The Labute approximate surface area is 110 Å². The number of nitrogens with zero attached hydrogens (tertiary/aromatic N) is 1. The Morgan fingerprint density at radius 3 is 2.72 bits per heavy atom. The van der Waals surface area contributed by atoms with E-state index in [9.17, 15) is 0 Å². The van der Waals surface area contributed by atoms with Crippen molar-refractivity contribution in [1.29, 1.82) is 5.26 Å². The van der Waals surface area contributed by atoms with Crippen LogP contribution in [0.5, 0.6) is 5.75 Å². The Balaban J connectivity index is 2.68. The van der Waals surface area contributed by atoms with Crippen LogP contribution in [-0.4, -0.2) is 7.11 Å². The fourth-order valence-corrected chi connectivity index (χ4v) is 3.10. The molecule has 3 nitrogen and oxygen atoms in total. The summed E-state index contributed by atoms with van der Waals surface area (Å²) < 4.78 is 5.36. The highest BCUT2D eigenvalue weighted by atomic mass is 32.1. The Hall–Kier alpha value is -1.99. The quantitative estimate of drug-likeness (QED) is 0.917. The van der Waals surface area contributed by atoms with Gasteiger partial charge in [-0.15, -0.1) is 11.3 Å². The third-order valence-electron chi connectivity index (χ3n) is 2.85. The van der Waals surface area contributed by atoms with E-state index in [1.165, 1.54) is 11.3 Å². The van der Waals surface area contributed by atoms with Crippen molar-refractivity contribution in [2.45, 2.75) is 13.3 Å². The van der Waals surface area contributed by atoms with Crippen LogP contribution in [0.25, 0.3) is 10.4 Å². The number of hydrogen-bond acceptors (Lipinski definition) is 4. The normalized spacial score (nSPS) is 10.1. The highest BCUT2D eigenvalue weighted by Crippen LogP contribution is 2.42. The van der Waals surface area contributed by atoms with Crippen LogP contribution in [0.3, 0.4) is 0 Å². The van der Waals surface area contributed by atoms with Gasteiger partial charge in [-0.3, -0.25) is 0 Å². The Morgan fingerprint density at radius 1 is 1.39 bits per heavy atom. The minimum absolute atomic E-state index is 0.577. The Bertz CT molecular complexity index is 611. The van der Waals surface area contributed by atoms with Crippen LogP contribution >= 0.6 is 11.3 Å². The van der Waals surface area contributed by atoms with Crippen molar-refractivity contribution in [2.75, 3.05) is 12.8 Å². The lowest BCUT2D eigenvalue weighted by atomic mass is 10.1. The number of nitriles is 1. The Kier molecular flexibility index (Phi) is 3.54. The maximum Gasteiger partial charge on any atom is 0.128 e. The van der Waals surface area contributed by atoms with E-state index in [0.29, 0.717) is 10.6 Å². The average molecular weight is 258 g/mol. The lowest BCUT2D eigenvalue weighted by molar-refractivity contribution is 0.416. The van der Waals surface area contributed by atoms with Crippen LogP contribution < -0.4 is 10.5 Å². The molecule has 0 aliphatic heterocycles. The number of anilines is 1. The highest BCUT2D eigenvalue weighted by Gasteiger charge is 2.18. The van der Waals surface area contributed by atoms with E-state index < -0.39 is 0 Å². The molecule has 4 heteroatoms. The lowest BCUT2D eigenvalue weighted by Gasteiger charge is -2.08. The van der Waals surface area contributed by atoms with Gasteiger partial charge in [0.25, 0.3) is 0 Å². The highest BCUT2D eigenvalue weighted by molar-refractivity contribution is 7.16. The van der Waals surface area contributed by atoms with E-state index in [1.807, 2.05) is 31.2 Å². The molecule has 1 heterocycles. The standard InChI is InChI=1S/C14H14N2OS/c1-3-9-13(16)12(8-15)18-14(9)10-6-4-5-7-11(10)17-2/h4-7H,3,16H2,1-2H3. The second kappa shape index (κ2) is 5.11. The molecule has 18 heavy (non-hydrogen) atoms. The lowest BCUT2D eigenvalue weighted by Crippen LogP contribution is -1.92. The van der Waals surface area contributed by atoms with Gasteiger partial charge in [-0.2, -0.15) is 5.26 Å². The summed E-state index contributed by atoms with van der Waals surface area (Å²) in [6.07, 6.45) is 0.803. The summed E-state index contributed by atoms with van der Waals surface area (Å²) in [5, 5.41) is 9.07. The molecular weight excluding hydrogens is 244 g/mol. The minimum atomic E-state index is 0.577. The summed E-state index contributed by atoms with van der Waals surface area (Å²) in [6, 6.07) is 9.94. The zero-order chi connectivity index (χ0) is 13.1. The SMILES string of the molecule is CCc1c(-c2ccccc2OC)sc(C#N)c1N. The number of para-hydroxylation sites is 1. The summed E-state index contributed by atoms with van der Waals surface area (Å²) in [5.41, 5.74) is 8.63. The molecule has 0 atom stereocenters. The maximum absolute atomic E-state index is 9.07. The molecule has 0 radical (unpaired) electrons. The monoisotopic (exact) mass is 258 g/mol. The average Bonchev–Trinajstić information content (AvgIpc) is 2.74. The second-order valence-electron chi connectivity index (χ2n) is 3.82. The summed E-state index contributed by atoms with van der Waals surface area (Å²) >= 11 is 1.43. The third-order valence-corrected chi connectivity index (χ3v) is 4.04. The first-order valence-corrected chi connectivity index (χ1v) is 6.49. The molecule has 2 N–H and O–H groups in total. The number of nitrogens with two attached hydrogens (primary N) is 1. The van der Waals surface area contributed by atoms with Gasteiger partial charge in [0, 0.05) is 10.4 Å². The summed E-state index contributed by atoms with van der Waals surface area (Å²) in [7, 11) is 1.65. The number of hydrogen-bond donors (Lipinski definition) is 1. The number of nitrogen functional groups attached to an aromatic ring is 1. The van der Waals surface area contributed by atoms with Crippen molar-refractivity contribution in [3.05, 3.63) is 34.7 Å². The molecule has 0 bridgehead atoms. The predicted molar refractivity (Wildman–Crippen MR) is 74.8 cm³/mol. The molecule has 0 fully saturated rings. The Morgan fingerprint density at radius 2 is 2.11 bits per heavy atom. The number of methoxy groups -OCH3 is 1. The predicted octanol–water partition coefficient (Wildman–Crippen LogP) is 3.44. The summed E-state index contributed by atoms with van der Waals surface area (Å²) in [4.78, 5) is 1.61. The van der Waals surface area contributed by atoms with Gasteiger partial charge >= 0.3 is 0 Å². The molecule has 0 saturated heterocycles. The van der Waals surface area contributed by atoms with Crippen molar-refractivity contribution in [1.82, 2.24) is 0 Å². The zero-order valence-corrected chi connectivity index (χ0v) is 11.2. The first-order valence-electron chi connectivity index (χ1n) is 5.67. The van der Waals surface area contributed by atoms with Crippen LogP contribution in [0.1, 0.15) is 17.4 Å². The van der Waals surface area contributed by atoms with Gasteiger partial charge < -0.3 is 10.5 Å². The molecule has 2 aromatic rings. The van der Waals surface area contributed by atoms with Crippen LogP contribution in [0.2, 0.25) is 0 Å². The van der Waals surface area contributed by atoms with Gasteiger partial charge in [-0.05, 0) is 24.1 Å². The molecule has 0 amide bonds. The van der Waals surface area contributed by atoms with E-state index >= 15 is 0 Å². The minimum Gasteiger partial charge on any atom is -0.496 e. The molecular formula is C14H14N2OS. The second-order valence-corrected chi connectivity index (χ2v) is 4.84. The van der Waals surface area contributed by atoms with Crippen LogP contribution in [0, 0.1) is 11.3 Å². The van der Waals surface area contributed by atoms with Crippen molar-refractivity contribution < 1.29 is 4.74 Å². The largest absolute Gasteiger partial charge is 0.496 e. The number of ether oxygens (including phenoxy) is 1. The fraction of sp³-hybridized carbons (Fsp3) is 0.214. The van der Waals surface area contributed by atoms with Crippen molar-refractivity contribution >= 4 is 17.0 Å². The van der Waals surface area contributed by atoms with E-state index in [0.717, 1.165) is 28.2 Å². The van der Waals surface area contributed by atoms with Crippen LogP contribution in [0.4, 0.5) is 5.69 Å². The van der Waals surface area contributed by atoms with E-state index in [4.69, 9.17) is 15.7 Å². The molecule has 92 valence electrons. The van der Waals surface area contributed by atoms with Gasteiger partial charge in [0.1, 0.15) is 16.7 Å². The molecule has 0 aliphatic carbocycles. The smallest absolute Gasteiger partial charge is 0.128 e. The fourth-order valence-electron chi connectivity index (χ4n) is 1.96. The first kappa shape index (κ1) is 12.5. The van der Waals surface area contributed by atoms with Crippen molar-refractivity contribution in [2.24, 2.45) is 0 Å². The van der Waals surface area contributed by atoms with Gasteiger partial charge in [0.2, 0.25) is 0 Å². The van der Waals surface area contributed by atoms with Crippen LogP contribution in [0.15, 0.2) is 24.3 Å². The topological polar surface area (TPSA) is 59.0 Å². The van der Waals surface area contributed by atoms with E-state index in [-0.39, 0.29) is 0 Å². The van der Waals surface area contributed by atoms with Gasteiger partial charge in [-0.1, -0.05) is 19.1 Å². The molecule has 0 spiro atoms. The molecule has 0 saturated carbocycles. The molecule has 0 aliphatic rings. The van der Waals surface area contributed by atoms with Crippen molar-refractivity contribution in [3.8, 4) is 22.3 Å². The molecule has 1 aromatic carbocycles. The summed E-state index contributed by atoms with van der Waals surface area (Å²) in [6.45, 7) is 2.04. The van der Waals surface area contributed by atoms with Crippen LogP contribution in [-0.2, 0) is 6.42 Å². The van der Waals surface area contributed by atoms with E-state index in [2.05, 4.69) is 6.07 Å². The number of thiophene rings is 1. The van der Waals surface area contributed by atoms with Crippen molar-refractivity contribution in [3.63, 3.8) is 0 Å². The summed E-state index contributed by atoms with van der Waals surface area (Å²) in [5.74, 6) is 0.804. The molecule has 2 rings (SSSR count). The number of rotatable bonds is 3. The zero-order valence-electron chi connectivity index (χ0n) is 10.4. The van der Waals surface area contributed by atoms with Gasteiger partial charge in [-0.25, -0.2) is 0 Å². The van der Waals surface area contributed by atoms with E-state index in [1.54, 1.807) is 7.11 Å². The maximum atomic E-state index is 9.07. The molecule has 1 aromatic heterocycles. The number of benzene rings is 1. The molecule has 0 unspecified atom stereocenters.